The average Bonchev–Trinajstić information content (AvgIpc) is 2.91. The Morgan fingerprint density at radius 3 is 2.41 bits per heavy atom. The summed E-state index contributed by atoms with van der Waals surface area (Å²) in [4.78, 5) is 24.9. The van der Waals surface area contributed by atoms with Gasteiger partial charge >= 0.3 is 0 Å². The Balaban J connectivity index is 1.89. The highest BCUT2D eigenvalue weighted by Crippen LogP contribution is 2.30. The number of carbonyl (C=O) groups is 2. The Kier molecular flexibility index (Phi) is 5.37. The number of halogens is 1. The lowest BCUT2D eigenvalue weighted by atomic mass is 10.1. The molecule has 2 aromatic rings. The zero-order valence-corrected chi connectivity index (χ0v) is 15.9. The van der Waals surface area contributed by atoms with Crippen LogP contribution >= 0.6 is 11.6 Å². The number of amides is 2. The van der Waals surface area contributed by atoms with Gasteiger partial charge in [-0.2, -0.15) is 0 Å². The number of methoxy groups -OCH3 is 1. The van der Waals surface area contributed by atoms with Gasteiger partial charge in [0.1, 0.15) is 5.57 Å². The SMILES string of the molecule is COc1cc(/C=C2/C(=O)NN(c3ccc(Cl)cc3)C2=O)ccc1OC(C)C. The number of carbonyl (C=O) groups excluding carboxylic acids is 2. The molecular formula is C20H19ClN2O4. The molecule has 2 amide bonds. The van der Waals surface area contributed by atoms with Crippen molar-refractivity contribution in [2.24, 2.45) is 0 Å². The van der Waals surface area contributed by atoms with E-state index in [0.29, 0.717) is 27.8 Å². The van der Waals surface area contributed by atoms with Crippen LogP contribution in [0.2, 0.25) is 5.02 Å². The topological polar surface area (TPSA) is 67.9 Å². The lowest BCUT2D eigenvalue weighted by molar-refractivity contribution is -0.117. The first-order chi connectivity index (χ1) is 12.9. The summed E-state index contributed by atoms with van der Waals surface area (Å²) in [5.41, 5.74) is 3.76. The van der Waals surface area contributed by atoms with Crippen LogP contribution in [0.15, 0.2) is 48.0 Å². The van der Waals surface area contributed by atoms with Gasteiger partial charge < -0.3 is 9.47 Å². The second kappa shape index (κ2) is 7.72. The van der Waals surface area contributed by atoms with Gasteiger partial charge in [0.05, 0.1) is 18.9 Å². The molecule has 0 radical (unpaired) electrons. The number of ether oxygens (including phenoxy) is 2. The van der Waals surface area contributed by atoms with Crippen molar-refractivity contribution >= 4 is 35.2 Å². The van der Waals surface area contributed by atoms with E-state index < -0.39 is 11.8 Å². The third kappa shape index (κ3) is 4.06. The summed E-state index contributed by atoms with van der Waals surface area (Å²) in [6.07, 6.45) is 1.52. The number of hydrogen-bond donors (Lipinski definition) is 1. The van der Waals surface area contributed by atoms with Crippen LogP contribution in [0.25, 0.3) is 6.08 Å². The molecule has 0 saturated carbocycles. The summed E-state index contributed by atoms with van der Waals surface area (Å²) in [5, 5.41) is 1.74. The predicted octanol–water partition coefficient (Wildman–Crippen LogP) is 3.60. The van der Waals surface area contributed by atoms with E-state index in [4.69, 9.17) is 21.1 Å². The van der Waals surface area contributed by atoms with Crippen molar-refractivity contribution in [2.75, 3.05) is 12.1 Å². The van der Waals surface area contributed by atoms with E-state index in [-0.39, 0.29) is 11.7 Å². The molecule has 0 atom stereocenters. The van der Waals surface area contributed by atoms with Gasteiger partial charge in [-0.3, -0.25) is 15.0 Å². The molecule has 0 unspecified atom stereocenters. The van der Waals surface area contributed by atoms with Crippen LogP contribution in [0.1, 0.15) is 19.4 Å². The fourth-order valence-electron chi connectivity index (χ4n) is 2.62. The monoisotopic (exact) mass is 386 g/mol. The second-order valence-electron chi connectivity index (χ2n) is 6.19. The Morgan fingerprint density at radius 2 is 1.78 bits per heavy atom. The van der Waals surface area contributed by atoms with Crippen LogP contribution in [-0.4, -0.2) is 25.0 Å². The Morgan fingerprint density at radius 1 is 1.07 bits per heavy atom. The molecule has 0 aliphatic carbocycles. The molecule has 1 N–H and O–H groups in total. The second-order valence-corrected chi connectivity index (χ2v) is 6.63. The van der Waals surface area contributed by atoms with Crippen LogP contribution in [0.5, 0.6) is 11.5 Å². The van der Waals surface area contributed by atoms with E-state index in [1.807, 2.05) is 13.8 Å². The molecule has 1 heterocycles. The first kappa shape index (κ1) is 18.8. The van der Waals surface area contributed by atoms with E-state index in [1.165, 1.54) is 18.2 Å². The Bertz CT molecular complexity index is 907. The van der Waals surface area contributed by atoms with Crippen LogP contribution in [-0.2, 0) is 9.59 Å². The molecule has 1 fully saturated rings. The van der Waals surface area contributed by atoms with Gasteiger partial charge in [0, 0.05) is 5.02 Å². The maximum atomic E-state index is 12.7. The first-order valence-electron chi connectivity index (χ1n) is 8.36. The summed E-state index contributed by atoms with van der Waals surface area (Å²) < 4.78 is 11.0. The highest BCUT2D eigenvalue weighted by Gasteiger charge is 2.34. The third-order valence-corrected chi connectivity index (χ3v) is 4.09. The molecule has 0 bridgehead atoms. The van der Waals surface area contributed by atoms with Crippen LogP contribution in [0, 0.1) is 0 Å². The number of hydrazine groups is 1. The quantitative estimate of drug-likeness (QED) is 0.629. The lowest BCUT2D eigenvalue weighted by Gasteiger charge is -2.14. The van der Waals surface area contributed by atoms with Gasteiger partial charge in [-0.05, 0) is 61.9 Å². The number of nitrogens with zero attached hydrogens (tertiary/aromatic N) is 1. The molecule has 1 saturated heterocycles. The number of hydrogen-bond acceptors (Lipinski definition) is 4. The zero-order chi connectivity index (χ0) is 19.6. The number of nitrogens with one attached hydrogen (secondary N) is 1. The number of benzene rings is 2. The van der Waals surface area contributed by atoms with Crippen molar-refractivity contribution in [3.8, 4) is 11.5 Å². The van der Waals surface area contributed by atoms with Crippen molar-refractivity contribution in [3.05, 3.63) is 58.6 Å². The summed E-state index contributed by atoms with van der Waals surface area (Å²) in [6.45, 7) is 3.84. The van der Waals surface area contributed by atoms with Crippen molar-refractivity contribution in [1.29, 1.82) is 0 Å². The van der Waals surface area contributed by atoms with E-state index in [1.54, 1.807) is 42.5 Å². The van der Waals surface area contributed by atoms with E-state index in [9.17, 15) is 9.59 Å². The molecule has 3 rings (SSSR count). The minimum absolute atomic E-state index is 0.00164. The summed E-state index contributed by atoms with van der Waals surface area (Å²) >= 11 is 5.87. The fraction of sp³-hybridized carbons (Fsp3) is 0.200. The van der Waals surface area contributed by atoms with E-state index in [2.05, 4.69) is 5.43 Å². The molecule has 0 spiro atoms. The molecule has 6 nitrogen and oxygen atoms in total. The van der Waals surface area contributed by atoms with E-state index in [0.717, 1.165) is 0 Å². The molecule has 1 aliphatic heterocycles. The maximum Gasteiger partial charge on any atom is 0.282 e. The fourth-order valence-corrected chi connectivity index (χ4v) is 2.75. The number of anilines is 1. The van der Waals surface area contributed by atoms with Gasteiger partial charge in [-0.25, -0.2) is 5.01 Å². The third-order valence-electron chi connectivity index (χ3n) is 3.84. The normalized spacial score (nSPS) is 15.4. The van der Waals surface area contributed by atoms with Gasteiger partial charge in [0.2, 0.25) is 0 Å². The standard InChI is InChI=1S/C20H19ClN2O4/c1-12(2)27-17-9-4-13(11-18(17)26-3)10-16-19(24)22-23(20(16)25)15-7-5-14(21)6-8-15/h4-12H,1-3H3,(H,22,24)/b16-10-. The zero-order valence-electron chi connectivity index (χ0n) is 15.2. The Hall–Kier alpha value is -2.99. The molecular weight excluding hydrogens is 368 g/mol. The maximum absolute atomic E-state index is 12.7. The summed E-state index contributed by atoms with van der Waals surface area (Å²) in [6, 6.07) is 11.8. The van der Waals surface area contributed by atoms with E-state index >= 15 is 0 Å². The van der Waals surface area contributed by atoms with Gasteiger partial charge in [0.25, 0.3) is 11.8 Å². The molecule has 140 valence electrons. The molecule has 27 heavy (non-hydrogen) atoms. The van der Waals surface area contributed by atoms with Crippen LogP contribution in [0.3, 0.4) is 0 Å². The predicted molar refractivity (Wildman–Crippen MR) is 104 cm³/mol. The minimum Gasteiger partial charge on any atom is -0.493 e. The highest BCUT2D eigenvalue weighted by atomic mass is 35.5. The van der Waals surface area contributed by atoms with Gasteiger partial charge in [0.15, 0.2) is 11.5 Å². The highest BCUT2D eigenvalue weighted by molar-refractivity contribution is 6.32. The van der Waals surface area contributed by atoms with Crippen molar-refractivity contribution < 1.29 is 19.1 Å². The van der Waals surface area contributed by atoms with Gasteiger partial charge in [-0.1, -0.05) is 17.7 Å². The van der Waals surface area contributed by atoms with Crippen LogP contribution in [0.4, 0.5) is 5.69 Å². The van der Waals surface area contributed by atoms with Gasteiger partial charge in [-0.15, -0.1) is 0 Å². The van der Waals surface area contributed by atoms with Crippen molar-refractivity contribution in [3.63, 3.8) is 0 Å². The Labute approximate surface area is 162 Å². The van der Waals surface area contributed by atoms with Crippen molar-refractivity contribution in [1.82, 2.24) is 5.43 Å². The number of rotatable bonds is 5. The molecule has 1 aliphatic rings. The lowest BCUT2D eigenvalue weighted by Crippen LogP contribution is -2.35. The minimum atomic E-state index is -0.476. The molecule has 7 heteroatoms. The summed E-state index contributed by atoms with van der Waals surface area (Å²) in [5.74, 6) is 0.207. The van der Waals surface area contributed by atoms with Crippen molar-refractivity contribution in [2.45, 2.75) is 20.0 Å². The molecule has 0 aromatic heterocycles. The largest absolute Gasteiger partial charge is 0.493 e. The summed E-state index contributed by atoms with van der Waals surface area (Å²) in [7, 11) is 1.54. The smallest absolute Gasteiger partial charge is 0.282 e. The first-order valence-corrected chi connectivity index (χ1v) is 8.74. The molecule has 2 aromatic carbocycles. The van der Waals surface area contributed by atoms with Crippen LogP contribution < -0.4 is 19.9 Å². The average molecular weight is 387 g/mol.